The third kappa shape index (κ3) is 3.46. The van der Waals surface area contributed by atoms with E-state index < -0.39 is 6.04 Å². The Morgan fingerprint density at radius 2 is 2.00 bits per heavy atom. The molecule has 0 aliphatic heterocycles. The number of carbonyl (C=O) groups excluding carboxylic acids is 1. The number of likely N-dealkylation sites (N-methyl/N-ethyl adjacent to an activating group) is 1. The minimum Gasteiger partial charge on any atom is -0.508 e. The van der Waals surface area contributed by atoms with Crippen molar-refractivity contribution in [1.29, 1.82) is 0 Å². The van der Waals surface area contributed by atoms with Gasteiger partial charge >= 0.3 is 0 Å². The predicted molar refractivity (Wildman–Crippen MR) is 67.4 cm³/mol. The van der Waals surface area contributed by atoms with Crippen LogP contribution in [0.4, 0.5) is 0 Å². The molecule has 0 unspecified atom stereocenters. The summed E-state index contributed by atoms with van der Waals surface area (Å²) in [4.78, 5) is 13.5. The molecule has 0 saturated carbocycles. The van der Waals surface area contributed by atoms with Crippen LogP contribution < -0.4 is 5.73 Å². The second-order valence-electron chi connectivity index (χ2n) is 4.59. The van der Waals surface area contributed by atoms with Crippen molar-refractivity contribution in [3.8, 4) is 5.75 Å². The van der Waals surface area contributed by atoms with Crippen LogP contribution in [0.25, 0.3) is 0 Å². The lowest BCUT2D eigenvalue weighted by Crippen LogP contribution is -2.44. The van der Waals surface area contributed by atoms with E-state index in [2.05, 4.69) is 0 Å². The number of nitrogens with zero attached hydrogens (tertiary/aromatic N) is 1. The number of phenols is 1. The van der Waals surface area contributed by atoms with Gasteiger partial charge in [0.1, 0.15) is 5.75 Å². The smallest absolute Gasteiger partial charge is 0.239 e. The Labute approximate surface area is 102 Å². The lowest BCUT2D eigenvalue weighted by Gasteiger charge is -2.23. The first-order chi connectivity index (χ1) is 7.93. The lowest BCUT2D eigenvalue weighted by molar-refractivity contribution is -0.132. The first-order valence-corrected chi connectivity index (χ1v) is 5.71. The number of aromatic hydroxyl groups is 1. The zero-order valence-electron chi connectivity index (χ0n) is 10.6. The molecule has 0 radical (unpaired) electrons. The van der Waals surface area contributed by atoms with E-state index in [4.69, 9.17) is 5.73 Å². The van der Waals surface area contributed by atoms with Gasteiger partial charge in [-0.15, -0.1) is 0 Å². The van der Waals surface area contributed by atoms with E-state index in [0.29, 0.717) is 6.54 Å². The molecular formula is C13H20N2O2. The van der Waals surface area contributed by atoms with Crippen molar-refractivity contribution in [2.75, 3.05) is 7.05 Å². The molecule has 94 valence electrons. The Morgan fingerprint density at radius 1 is 1.41 bits per heavy atom. The summed E-state index contributed by atoms with van der Waals surface area (Å²) in [5, 5.41) is 9.62. The van der Waals surface area contributed by atoms with Crippen molar-refractivity contribution in [2.24, 2.45) is 11.7 Å². The number of para-hydroxylation sites is 1. The Kier molecular flexibility index (Phi) is 4.52. The molecule has 0 aromatic heterocycles. The number of benzene rings is 1. The van der Waals surface area contributed by atoms with Gasteiger partial charge in [0.2, 0.25) is 5.91 Å². The molecule has 1 atom stereocenters. The molecule has 0 spiro atoms. The average molecular weight is 236 g/mol. The first-order valence-electron chi connectivity index (χ1n) is 5.71. The number of hydrogen-bond acceptors (Lipinski definition) is 3. The fourth-order valence-electron chi connectivity index (χ4n) is 1.52. The van der Waals surface area contributed by atoms with Crippen LogP contribution in [-0.2, 0) is 11.3 Å². The monoisotopic (exact) mass is 236 g/mol. The highest BCUT2D eigenvalue weighted by molar-refractivity contribution is 5.81. The predicted octanol–water partition coefficient (Wildman–Crippen LogP) is 1.33. The van der Waals surface area contributed by atoms with Gasteiger partial charge in [-0.05, 0) is 12.0 Å². The minimum atomic E-state index is -0.495. The normalized spacial score (nSPS) is 12.5. The van der Waals surface area contributed by atoms with Crippen LogP contribution in [0.2, 0.25) is 0 Å². The summed E-state index contributed by atoms with van der Waals surface area (Å²) in [6.07, 6.45) is 0. The Hall–Kier alpha value is -1.55. The standard InChI is InChI=1S/C13H20N2O2/c1-9(2)12(14)13(17)15(3)8-10-6-4-5-7-11(10)16/h4-7,9,12,16H,8,14H2,1-3H3/t12-/m1/s1. The first kappa shape index (κ1) is 13.5. The molecule has 0 fully saturated rings. The van der Waals surface area contributed by atoms with E-state index in [9.17, 15) is 9.90 Å². The summed E-state index contributed by atoms with van der Waals surface area (Å²) in [7, 11) is 1.69. The molecule has 0 heterocycles. The Balaban J connectivity index is 2.70. The van der Waals surface area contributed by atoms with E-state index >= 15 is 0 Å². The van der Waals surface area contributed by atoms with Gasteiger partial charge in [0, 0.05) is 19.2 Å². The van der Waals surface area contributed by atoms with Crippen molar-refractivity contribution < 1.29 is 9.90 Å². The van der Waals surface area contributed by atoms with Gasteiger partial charge < -0.3 is 15.7 Å². The Bertz CT molecular complexity index is 391. The summed E-state index contributed by atoms with van der Waals surface area (Å²) in [5.41, 5.74) is 6.52. The van der Waals surface area contributed by atoms with Crippen LogP contribution >= 0.6 is 0 Å². The third-order valence-electron chi connectivity index (χ3n) is 2.78. The molecule has 1 rings (SSSR count). The number of amides is 1. The summed E-state index contributed by atoms with van der Waals surface area (Å²) >= 11 is 0. The topological polar surface area (TPSA) is 66.6 Å². The van der Waals surface area contributed by atoms with Gasteiger partial charge in [-0.2, -0.15) is 0 Å². The van der Waals surface area contributed by atoms with Gasteiger partial charge in [-0.25, -0.2) is 0 Å². The fraction of sp³-hybridized carbons (Fsp3) is 0.462. The molecule has 0 saturated heterocycles. The molecule has 4 nitrogen and oxygen atoms in total. The highest BCUT2D eigenvalue weighted by Gasteiger charge is 2.21. The number of carbonyl (C=O) groups is 1. The summed E-state index contributed by atoms with van der Waals surface area (Å²) in [6, 6.07) is 6.48. The van der Waals surface area contributed by atoms with Crippen LogP contribution in [0, 0.1) is 5.92 Å². The van der Waals surface area contributed by atoms with Crippen LogP contribution in [0.3, 0.4) is 0 Å². The van der Waals surface area contributed by atoms with Crippen molar-refractivity contribution in [2.45, 2.75) is 26.4 Å². The highest BCUT2D eigenvalue weighted by Crippen LogP contribution is 2.17. The minimum absolute atomic E-state index is 0.106. The summed E-state index contributed by atoms with van der Waals surface area (Å²) in [6.45, 7) is 4.19. The molecule has 0 aliphatic carbocycles. The maximum atomic E-state index is 11.9. The van der Waals surface area contributed by atoms with Gasteiger partial charge in [0.15, 0.2) is 0 Å². The average Bonchev–Trinajstić information content (AvgIpc) is 2.30. The van der Waals surface area contributed by atoms with Crippen LogP contribution in [0.5, 0.6) is 5.75 Å². The number of hydrogen-bond donors (Lipinski definition) is 2. The summed E-state index contributed by atoms with van der Waals surface area (Å²) < 4.78 is 0. The molecule has 17 heavy (non-hydrogen) atoms. The fourth-order valence-corrected chi connectivity index (χ4v) is 1.52. The van der Waals surface area contributed by atoms with Gasteiger partial charge in [-0.1, -0.05) is 32.0 Å². The molecule has 3 N–H and O–H groups in total. The number of nitrogens with two attached hydrogens (primary N) is 1. The highest BCUT2D eigenvalue weighted by atomic mass is 16.3. The van der Waals surface area contributed by atoms with Crippen LogP contribution in [-0.4, -0.2) is 29.0 Å². The molecule has 1 amide bonds. The number of phenolic OH excluding ortho intramolecular Hbond substituents is 1. The molecule has 1 aromatic rings. The maximum absolute atomic E-state index is 11.9. The van der Waals surface area contributed by atoms with Crippen LogP contribution in [0.1, 0.15) is 19.4 Å². The lowest BCUT2D eigenvalue weighted by atomic mass is 10.0. The van der Waals surface area contributed by atoms with Crippen molar-refractivity contribution in [3.63, 3.8) is 0 Å². The van der Waals surface area contributed by atoms with Crippen molar-refractivity contribution in [3.05, 3.63) is 29.8 Å². The number of rotatable bonds is 4. The quantitative estimate of drug-likeness (QED) is 0.829. The Morgan fingerprint density at radius 3 is 2.53 bits per heavy atom. The van der Waals surface area contributed by atoms with Gasteiger partial charge in [-0.3, -0.25) is 4.79 Å². The maximum Gasteiger partial charge on any atom is 0.239 e. The van der Waals surface area contributed by atoms with E-state index in [0.717, 1.165) is 5.56 Å². The second kappa shape index (κ2) is 5.68. The third-order valence-corrected chi connectivity index (χ3v) is 2.78. The molecule has 1 aromatic carbocycles. The zero-order chi connectivity index (χ0) is 13.0. The largest absolute Gasteiger partial charge is 0.508 e. The molecular weight excluding hydrogens is 216 g/mol. The van der Waals surface area contributed by atoms with E-state index in [1.165, 1.54) is 0 Å². The SMILES string of the molecule is CC(C)[C@@H](N)C(=O)N(C)Cc1ccccc1O. The molecule has 0 bridgehead atoms. The van der Waals surface area contributed by atoms with Crippen LogP contribution in [0.15, 0.2) is 24.3 Å². The van der Waals surface area contributed by atoms with Gasteiger partial charge in [0.05, 0.1) is 6.04 Å². The van der Waals surface area contributed by atoms with E-state index in [1.54, 1.807) is 30.1 Å². The second-order valence-corrected chi connectivity index (χ2v) is 4.59. The summed E-state index contributed by atoms with van der Waals surface area (Å²) in [5.74, 6) is 0.197. The van der Waals surface area contributed by atoms with Gasteiger partial charge in [0.25, 0.3) is 0 Å². The molecule has 4 heteroatoms. The zero-order valence-corrected chi connectivity index (χ0v) is 10.6. The van der Waals surface area contributed by atoms with Crippen molar-refractivity contribution >= 4 is 5.91 Å². The van der Waals surface area contributed by atoms with Crippen molar-refractivity contribution in [1.82, 2.24) is 4.90 Å². The molecule has 0 aliphatic rings. The van der Waals surface area contributed by atoms with E-state index in [1.807, 2.05) is 19.9 Å². The van der Waals surface area contributed by atoms with E-state index in [-0.39, 0.29) is 17.6 Å².